The van der Waals surface area contributed by atoms with Crippen LogP contribution in [0, 0.1) is 5.92 Å². The Morgan fingerprint density at radius 3 is 3.08 bits per heavy atom. The van der Waals surface area contributed by atoms with Gasteiger partial charge in [-0.05, 0) is 18.4 Å². The lowest BCUT2D eigenvalue weighted by molar-refractivity contribution is 0.659. The van der Waals surface area contributed by atoms with E-state index >= 15 is 0 Å². The third kappa shape index (κ3) is 1.74. The summed E-state index contributed by atoms with van der Waals surface area (Å²) in [4.78, 5) is 6.35. The van der Waals surface area contributed by atoms with Crippen LogP contribution in [0.1, 0.15) is 13.3 Å². The van der Waals surface area contributed by atoms with Gasteiger partial charge in [0.15, 0.2) is 0 Å². The van der Waals surface area contributed by atoms with Crippen molar-refractivity contribution in [3.05, 3.63) is 18.3 Å². The summed E-state index contributed by atoms with van der Waals surface area (Å²) < 4.78 is 0. The normalized spacial score (nSPS) is 22.2. The van der Waals surface area contributed by atoms with Crippen molar-refractivity contribution in [3.8, 4) is 0 Å². The first-order valence-electron chi connectivity index (χ1n) is 4.72. The summed E-state index contributed by atoms with van der Waals surface area (Å²) >= 11 is 0. The van der Waals surface area contributed by atoms with E-state index in [-0.39, 0.29) is 0 Å². The summed E-state index contributed by atoms with van der Waals surface area (Å²) in [5, 5.41) is 0. The van der Waals surface area contributed by atoms with Crippen molar-refractivity contribution in [2.24, 2.45) is 5.92 Å². The summed E-state index contributed by atoms with van der Waals surface area (Å²) in [7, 11) is 0. The standard InChI is InChI=1S/C10H15N3/c1-8-3-5-13(7-8)9-2-4-12-10(11)6-9/h2,4,6,8H,3,5,7H2,1H3,(H2,11,12). The van der Waals surface area contributed by atoms with E-state index in [9.17, 15) is 0 Å². The minimum atomic E-state index is 0.608. The lowest BCUT2D eigenvalue weighted by Crippen LogP contribution is -2.19. The Kier molecular flexibility index (Phi) is 2.08. The molecular weight excluding hydrogens is 162 g/mol. The van der Waals surface area contributed by atoms with Gasteiger partial charge in [-0.2, -0.15) is 0 Å². The van der Waals surface area contributed by atoms with Crippen molar-refractivity contribution in [1.82, 2.24) is 4.98 Å². The quantitative estimate of drug-likeness (QED) is 0.707. The molecule has 3 nitrogen and oxygen atoms in total. The van der Waals surface area contributed by atoms with Gasteiger partial charge in [0.1, 0.15) is 5.82 Å². The van der Waals surface area contributed by atoms with Gasteiger partial charge in [-0.3, -0.25) is 0 Å². The van der Waals surface area contributed by atoms with Gasteiger partial charge in [-0.1, -0.05) is 6.92 Å². The molecule has 3 heteroatoms. The van der Waals surface area contributed by atoms with Crippen LogP contribution in [0.25, 0.3) is 0 Å². The van der Waals surface area contributed by atoms with Gasteiger partial charge in [0.05, 0.1) is 0 Å². The molecule has 2 N–H and O–H groups in total. The zero-order valence-electron chi connectivity index (χ0n) is 7.90. The lowest BCUT2D eigenvalue weighted by Gasteiger charge is -2.17. The Morgan fingerprint density at radius 1 is 1.62 bits per heavy atom. The van der Waals surface area contributed by atoms with Crippen LogP contribution in [-0.4, -0.2) is 18.1 Å². The molecule has 0 aliphatic carbocycles. The van der Waals surface area contributed by atoms with Crippen LogP contribution in [0.4, 0.5) is 11.5 Å². The van der Waals surface area contributed by atoms with Gasteiger partial charge < -0.3 is 10.6 Å². The Balaban J connectivity index is 2.16. The van der Waals surface area contributed by atoms with Crippen molar-refractivity contribution in [2.75, 3.05) is 23.7 Å². The van der Waals surface area contributed by atoms with Crippen molar-refractivity contribution in [1.29, 1.82) is 0 Å². The zero-order chi connectivity index (χ0) is 9.26. The molecule has 1 aromatic heterocycles. The van der Waals surface area contributed by atoms with Crippen molar-refractivity contribution >= 4 is 11.5 Å². The van der Waals surface area contributed by atoms with Gasteiger partial charge in [0.2, 0.25) is 0 Å². The Labute approximate surface area is 78.6 Å². The Morgan fingerprint density at radius 2 is 2.46 bits per heavy atom. The lowest BCUT2D eigenvalue weighted by atomic mass is 10.2. The van der Waals surface area contributed by atoms with Gasteiger partial charge in [-0.15, -0.1) is 0 Å². The number of nitrogens with zero attached hydrogens (tertiary/aromatic N) is 2. The number of hydrogen-bond donors (Lipinski definition) is 1. The first kappa shape index (κ1) is 8.35. The van der Waals surface area contributed by atoms with Crippen LogP contribution in [0.5, 0.6) is 0 Å². The molecule has 1 atom stereocenters. The molecule has 0 amide bonds. The monoisotopic (exact) mass is 177 g/mol. The van der Waals surface area contributed by atoms with Crippen molar-refractivity contribution in [2.45, 2.75) is 13.3 Å². The van der Waals surface area contributed by atoms with E-state index in [4.69, 9.17) is 5.73 Å². The molecule has 0 saturated carbocycles. The average Bonchev–Trinajstić information content (AvgIpc) is 2.52. The van der Waals surface area contributed by atoms with Gasteiger partial charge in [0, 0.05) is 31.0 Å². The van der Waals surface area contributed by atoms with Crippen LogP contribution in [0.3, 0.4) is 0 Å². The van der Waals surface area contributed by atoms with Crippen LogP contribution in [-0.2, 0) is 0 Å². The molecule has 0 radical (unpaired) electrons. The summed E-state index contributed by atoms with van der Waals surface area (Å²) in [6.45, 7) is 4.57. The highest BCUT2D eigenvalue weighted by Crippen LogP contribution is 2.23. The number of aromatic nitrogens is 1. The van der Waals surface area contributed by atoms with Crippen LogP contribution < -0.4 is 10.6 Å². The molecule has 2 rings (SSSR count). The van der Waals surface area contributed by atoms with Gasteiger partial charge in [-0.25, -0.2) is 4.98 Å². The number of nitrogen functional groups attached to an aromatic ring is 1. The number of anilines is 2. The number of nitrogens with two attached hydrogens (primary N) is 1. The smallest absolute Gasteiger partial charge is 0.125 e. The predicted octanol–water partition coefficient (Wildman–Crippen LogP) is 1.51. The molecule has 1 aliphatic rings. The van der Waals surface area contributed by atoms with E-state index < -0.39 is 0 Å². The number of rotatable bonds is 1. The maximum atomic E-state index is 5.62. The van der Waals surface area contributed by atoms with Gasteiger partial charge in [0.25, 0.3) is 0 Å². The first-order valence-corrected chi connectivity index (χ1v) is 4.72. The molecule has 0 spiro atoms. The summed E-state index contributed by atoms with van der Waals surface area (Å²) in [5.74, 6) is 1.41. The van der Waals surface area contributed by atoms with Crippen molar-refractivity contribution in [3.63, 3.8) is 0 Å². The van der Waals surface area contributed by atoms with Gasteiger partial charge >= 0.3 is 0 Å². The second-order valence-electron chi connectivity index (χ2n) is 3.78. The Hall–Kier alpha value is -1.25. The highest BCUT2D eigenvalue weighted by Gasteiger charge is 2.18. The average molecular weight is 177 g/mol. The maximum absolute atomic E-state index is 5.62. The molecule has 13 heavy (non-hydrogen) atoms. The van der Waals surface area contributed by atoms with E-state index in [1.165, 1.54) is 12.1 Å². The Bertz CT molecular complexity index is 298. The second kappa shape index (κ2) is 3.24. The number of hydrogen-bond acceptors (Lipinski definition) is 3. The predicted molar refractivity (Wildman–Crippen MR) is 54.6 cm³/mol. The molecule has 1 aliphatic heterocycles. The van der Waals surface area contributed by atoms with Crippen LogP contribution in [0.2, 0.25) is 0 Å². The minimum absolute atomic E-state index is 0.608. The molecule has 1 aromatic rings. The fourth-order valence-corrected chi connectivity index (χ4v) is 1.80. The first-order chi connectivity index (χ1) is 6.25. The highest BCUT2D eigenvalue weighted by molar-refractivity contribution is 5.52. The van der Waals surface area contributed by atoms with E-state index in [2.05, 4.69) is 16.8 Å². The highest BCUT2D eigenvalue weighted by atomic mass is 15.2. The number of pyridine rings is 1. The molecule has 1 fully saturated rings. The summed E-state index contributed by atoms with van der Waals surface area (Å²) in [6, 6.07) is 3.96. The topological polar surface area (TPSA) is 42.2 Å². The van der Waals surface area contributed by atoms with Crippen LogP contribution >= 0.6 is 0 Å². The third-order valence-electron chi connectivity index (χ3n) is 2.55. The molecule has 1 saturated heterocycles. The SMILES string of the molecule is CC1CCN(c2ccnc(N)c2)C1. The van der Waals surface area contributed by atoms with E-state index in [1.807, 2.05) is 12.1 Å². The molecule has 0 bridgehead atoms. The molecule has 1 unspecified atom stereocenters. The largest absolute Gasteiger partial charge is 0.384 e. The molecule has 70 valence electrons. The molecule has 2 heterocycles. The molecular formula is C10H15N3. The second-order valence-corrected chi connectivity index (χ2v) is 3.78. The molecule has 0 aromatic carbocycles. The van der Waals surface area contributed by atoms with Crippen molar-refractivity contribution < 1.29 is 0 Å². The summed E-state index contributed by atoms with van der Waals surface area (Å²) in [5.41, 5.74) is 6.83. The maximum Gasteiger partial charge on any atom is 0.125 e. The summed E-state index contributed by atoms with van der Waals surface area (Å²) in [6.07, 6.45) is 3.05. The zero-order valence-corrected chi connectivity index (χ0v) is 7.90. The van der Waals surface area contributed by atoms with Crippen LogP contribution in [0.15, 0.2) is 18.3 Å². The van der Waals surface area contributed by atoms with E-state index in [0.29, 0.717) is 5.82 Å². The fraction of sp³-hybridized carbons (Fsp3) is 0.500. The fourth-order valence-electron chi connectivity index (χ4n) is 1.80. The minimum Gasteiger partial charge on any atom is -0.384 e. The van der Waals surface area contributed by atoms with E-state index in [0.717, 1.165) is 19.0 Å². The third-order valence-corrected chi connectivity index (χ3v) is 2.55. The van der Waals surface area contributed by atoms with E-state index in [1.54, 1.807) is 6.20 Å².